The SMILES string of the molecule is O=CC1=C(COc2ccc3nc4ccc(=O)cc-4oc3c2)CS[C@@H]2[C@H](NC(=O)Cc3ccccc3)C(=O)N12. The number of amides is 2. The highest BCUT2D eigenvalue weighted by atomic mass is 32.2. The second-order valence-electron chi connectivity index (χ2n) is 8.99. The van der Waals surface area contributed by atoms with Crippen molar-refractivity contribution < 1.29 is 23.5 Å². The van der Waals surface area contributed by atoms with Crippen molar-refractivity contribution in [1.82, 2.24) is 15.2 Å². The predicted octanol–water partition coefficient (Wildman–Crippen LogP) is 2.77. The Labute approximate surface area is 220 Å². The molecule has 1 aliphatic carbocycles. The lowest BCUT2D eigenvalue weighted by Gasteiger charge is -2.49. The Kier molecular flexibility index (Phi) is 6.16. The monoisotopic (exact) mass is 527 g/mol. The number of nitrogens with one attached hydrogen (secondary N) is 1. The van der Waals surface area contributed by atoms with Crippen LogP contribution in [0.4, 0.5) is 0 Å². The number of carbonyl (C=O) groups is 3. The number of rotatable bonds is 7. The molecule has 2 atom stereocenters. The van der Waals surface area contributed by atoms with Gasteiger partial charge in [-0.15, -0.1) is 11.8 Å². The van der Waals surface area contributed by atoms with Gasteiger partial charge in [-0.1, -0.05) is 30.3 Å². The van der Waals surface area contributed by atoms with Crippen LogP contribution in [0.2, 0.25) is 0 Å². The van der Waals surface area contributed by atoms with Crippen LogP contribution in [-0.2, 0) is 20.8 Å². The van der Waals surface area contributed by atoms with Crippen LogP contribution in [0.5, 0.6) is 5.75 Å². The molecule has 0 saturated carbocycles. The van der Waals surface area contributed by atoms with Crippen molar-refractivity contribution in [1.29, 1.82) is 0 Å². The average molecular weight is 528 g/mol. The molecule has 2 amide bonds. The summed E-state index contributed by atoms with van der Waals surface area (Å²) >= 11 is 1.48. The van der Waals surface area contributed by atoms with Gasteiger partial charge in [0, 0.05) is 23.5 Å². The van der Waals surface area contributed by atoms with Crippen molar-refractivity contribution in [2.75, 3.05) is 12.4 Å². The van der Waals surface area contributed by atoms with E-state index in [1.807, 2.05) is 30.3 Å². The van der Waals surface area contributed by atoms with Gasteiger partial charge in [-0.05, 0) is 29.8 Å². The van der Waals surface area contributed by atoms with Gasteiger partial charge in [-0.25, -0.2) is 4.98 Å². The Balaban J connectivity index is 1.14. The summed E-state index contributed by atoms with van der Waals surface area (Å²) in [4.78, 5) is 54.9. The van der Waals surface area contributed by atoms with Crippen LogP contribution in [0.15, 0.2) is 87.2 Å². The van der Waals surface area contributed by atoms with Gasteiger partial charge in [-0.2, -0.15) is 0 Å². The minimum atomic E-state index is -0.673. The number of aldehydes is 1. The lowest BCUT2D eigenvalue weighted by Crippen LogP contribution is -2.70. The molecule has 10 heteroatoms. The third kappa shape index (κ3) is 4.43. The predicted molar refractivity (Wildman–Crippen MR) is 141 cm³/mol. The number of hydrogen-bond donors (Lipinski definition) is 1. The first kappa shape index (κ1) is 23.9. The van der Waals surface area contributed by atoms with Crippen molar-refractivity contribution in [2.45, 2.75) is 17.8 Å². The molecule has 0 radical (unpaired) electrons. The van der Waals surface area contributed by atoms with E-state index in [0.717, 1.165) is 5.56 Å². The molecule has 3 aliphatic heterocycles. The molecule has 0 spiro atoms. The molecule has 1 N–H and O–H groups in total. The van der Waals surface area contributed by atoms with Crippen molar-refractivity contribution in [3.05, 3.63) is 93.8 Å². The van der Waals surface area contributed by atoms with Crippen LogP contribution >= 0.6 is 11.8 Å². The summed E-state index contributed by atoms with van der Waals surface area (Å²) in [5.74, 6) is 0.791. The van der Waals surface area contributed by atoms with E-state index in [-0.39, 0.29) is 41.3 Å². The van der Waals surface area contributed by atoms with Crippen molar-refractivity contribution in [3.8, 4) is 17.2 Å². The van der Waals surface area contributed by atoms with Crippen LogP contribution in [0, 0.1) is 0 Å². The number of hydrogen-bond acceptors (Lipinski definition) is 8. The molecule has 1 saturated heterocycles. The van der Waals surface area contributed by atoms with E-state index in [1.54, 1.807) is 24.3 Å². The zero-order valence-electron chi connectivity index (χ0n) is 20.0. The zero-order chi connectivity index (χ0) is 26.2. The van der Waals surface area contributed by atoms with Crippen molar-refractivity contribution in [3.63, 3.8) is 0 Å². The summed E-state index contributed by atoms with van der Waals surface area (Å²) in [6.45, 7) is 0.0971. The molecule has 38 heavy (non-hydrogen) atoms. The summed E-state index contributed by atoms with van der Waals surface area (Å²) in [5, 5.41) is 2.47. The highest BCUT2D eigenvalue weighted by Crippen LogP contribution is 2.39. The number of carbonyl (C=O) groups excluding carboxylic acids is 3. The van der Waals surface area contributed by atoms with Gasteiger partial charge < -0.3 is 14.5 Å². The topological polar surface area (TPSA) is 119 Å². The van der Waals surface area contributed by atoms with Gasteiger partial charge in [0.15, 0.2) is 23.1 Å². The van der Waals surface area contributed by atoms with Gasteiger partial charge >= 0.3 is 0 Å². The Morgan fingerprint density at radius 3 is 2.79 bits per heavy atom. The molecule has 6 rings (SSSR count). The Hall–Kier alpha value is -4.44. The maximum absolute atomic E-state index is 12.9. The van der Waals surface area contributed by atoms with Gasteiger partial charge in [0.1, 0.15) is 35.0 Å². The summed E-state index contributed by atoms with van der Waals surface area (Å²) in [6.07, 6.45) is 0.844. The number of nitrogens with zero attached hydrogens (tertiary/aromatic N) is 2. The fourth-order valence-electron chi connectivity index (χ4n) is 4.56. The minimum Gasteiger partial charge on any atom is -0.489 e. The van der Waals surface area contributed by atoms with E-state index in [4.69, 9.17) is 9.15 Å². The minimum absolute atomic E-state index is 0.0971. The number of ether oxygens (including phenoxy) is 1. The number of allylic oxidation sites excluding steroid dienone is 1. The summed E-state index contributed by atoms with van der Waals surface area (Å²) in [6, 6.07) is 18.2. The first-order valence-corrected chi connectivity index (χ1v) is 13.0. The van der Waals surface area contributed by atoms with Crippen molar-refractivity contribution in [2.24, 2.45) is 0 Å². The quantitative estimate of drug-likeness (QED) is 0.221. The van der Waals surface area contributed by atoms with E-state index in [1.165, 1.54) is 28.8 Å². The molecule has 190 valence electrons. The normalized spacial score (nSPS) is 18.7. The Bertz CT molecular complexity index is 1630. The average Bonchev–Trinajstić information content (AvgIpc) is 2.93. The van der Waals surface area contributed by atoms with Crippen LogP contribution in [0.1, 0.15) is 5.56 Å². The number of fused-ring (bicyclic) bond motifs is 3. The fourth-order valence-corrected chi connectivity index (χ4v) is 5.91. The van der Waals surface area contributed by atoms with E-state index < -0.39 is 6.04 Å². The van der Waals surface area contributed by atoms with Crippen LogP contribution < -0.4 is 15.5 Å². The van der Waals surface area contributed by atoms with E-state index in [2.05, 4.69) is 10.3 Å². The second kappa shape index (κ2) is 9.79. The smallest absolute Gasteiger partial charge is 0.253 e. The van der Waals surface area contributed by atoms with E-state index in [0.29, 0.717) is 45.9 Å². The molecule has 4 aliphatic rings. The molecule has 0 bridgehead atoms. The molecule has 1 fully saturated rings. The highest BCUT2D eigenvalue weighted by molar-refractivity contribution is 8.00. The molecule has 3 heterocycles. The maximum Gasteiger partial charge on any atom is 0.253 e. The fraction of sp³-hybridized carbons (Fsp3) is 0.179. The summed E-state index contributed by atoms with van der Waals surface area (Å²) in [7, 11) is 0. The Morgan fingerprint density at radius 2 is 1.97 bits per heavy atom. The lowest BCUT2D eigenvalue weighted by atomic mass is 10.0. The van der Waals surface area contributed by atoms with Crippen LogP contribution in [0.3, 0.4) is 0 Å². The van der Waals surface area contributed by atoms with Gasteiger partial charge in [0.05, 0.1) is 12.1 Å². The van der Waals surface area contributed by atoms with Gasteiger partial charge in [-0.3, -0.25) is 24.1 Å². The molecule has 0 unspecified atom stereocenters. The number of β-lactam (4-membered cyclic amide) rings is 1. The lowest BCUT2D eigenvalue weighted by molar-refractivity contribution is -0.146. The first-order valence-electron chi connectivity index (χ1n) is 11.9. The molecule has 9 nitrogen and oxygen atoms in total. The molecule has 2 aromatic carbocycles. The summed E-state index contributed by atoms with van der Waals surface area (Å²) < 4.78 is 11.8. The molecular weight excluding hydrogens is 506 g/mol. The van der Waals surface area contributed by atoms with E-state index in [9.17, 15) is 19.2 Å². The zero-order valence-corrected chi connectivity index (χ0v) is 20.8. The number of aromatic nitrogens is 1. The van der Waals surface area contributed by atoms with Gasteiger partial charge in [0.2, 0.25) is 5.91 Å². The Morgan fingerprint density at radius 1 is 1.13 bits per heavy atom. The molecule has 0 aromatic heterocycles. The number of benzene rings is 3. The van der Waals surface area contributed by atoms with Gasteiger partial charge in [0.25, 0.3) is 5.91 Å². The standard InChI is InChI=1S/C28H21N3O6S/c32-13-22-17(14-36-19-7-9-21-24(12-19)37-23-11-18(33)6-8-20(23)29-21)15-38-28-26(27(35)31(22)28)30-25(34)10-16-4-2-1-3-5-16/h1-9,11-13,26,28H,10,14-15H2,(H,30,34)/t26-,28-/m1/s1. The maximum atomic E-state index is 12.9. The van der Waals surface area contributed by atoms with Crippen LogP contribution in [0.25, 0.3) is 22.6 Å². The third-order valence-corrected chi connectivity index (χ3v) is 7.80. The largest absolute Gasteiger partial charge is 0.489 e. The van der Waals surface area contributed by atoms with Crippen molar-refractivity contribution >= 4 is 41.0 Å². The molecular formula is C28H21N3O6S. The van der Waals surface area contributed by atoms with Crippen LogP contribution in [-0.4, -0.2) is 51.8 Å². The number of thioether (sulfide) groups is 1. The van der Waals surface area contributed by atoms with E-state index >= 15 is 0 Å². The molecule has 2 aromatic rings. The third-order valence-electron chi connectivity index (χ3n) is 6.47. The first-order chi connectivity index (χ1) is 18.5. The second-order valence-corrected chi connectivity index (χ2v) is 10.1. The summed E-state index contributed by atoms with van der Waals surface area (Å²) in [5.41, 5.74) is 3.28. The highest BCUT2D eigenvalue weighted by Gasteiger charge is 2.52.